The van der Waals surface area contributed by atoms with E-state index in [1.165, 1.54) is 12.8 Å². The number of carbonyl (C=O) groups excluding carboxylic acids is 2. The van der Waals surface area contributed by atoms with E-state index in [-0.39, 0.29) is 24.1 Å². The number of nitrogens with zero attached hydrogens (tertiary/aromatic N) is 2. The fourth-order valence-corrected chi connectivity index (χ4v) is 3.93. The Morgan fingerprint density at radius 2 is 1.81 bits per heavy atom. The van der Waals surface area contributed by atoms with Crippen molar-refractivity contribution in [1.29, 1.82) is 0 Å². The van der Waals surface area contributed by atoms with Crippen LogP contribution >= 0.6 is 11.6 Å². The molecular formula is C20H28ClN3O3. The number of hydrogen-bond donors (Lipinski definition) is 1. The van der Waals surface area contributed by atoms with Gasteiger partial charge >= 0.3 is 6.03 Å². The summed E-state index contributed by atoms with van der Waals surface area (Å²) in [6.07, 6.45) is 6.01. The largest absolute Gasteiger partial charge is 0.489 e. The van der Waals surface area contributed by atoms with Crippen LogP contribution < -0.4 is 10.1 Å². The van der Waals surface area contributed by atoms with Crippen LogP contribution in [0.25, 0.3) is 0 Å². The van der Waals surface area contributed by atoms with Crippen molar-refractivity contribution < 1.29 is 14.3 Å². The van der Waals surface area contributed by atoms with Crippen LogP contribution in [0.5, 0.6) is 5.75 Å². The van der Waals surface area contributed by atoms with E-state index in [4.69, 9.17) is 16.3 Å². The van der Waals surface area contributed by atoms with Gasteiger partial charge in [-0.1, -0.05) is 24.4 Å². The molecule has 1 aromatic carbocycles. The van der Waals surface area contributed by atoms with E-state index in [9.17, 15) is 9.59 Å². The smallest absolute Gasteiger partial charge is 0.319 e. The van der Waals surface area contributed by atoms with Crippen molar-refractivity contribution >= 4 is 23.5 Å². The lowest BCUT2D eigenvalue weighted by Crippen LogP contribution is -2.46. The number of ether oxygens (including phenoxy) is 1. The molecule has 0 spiro atoms. The zero-order valence-corrected chi connectivity index (χ0v) is 16.8. The van der Waals surface area contributed by atoms with Gasteiger partial charge in [0.05, 0.1) is 5.02 Å². The number of rotatable bonds is 4. The quantitative estimate of drug-likeness (QED) is 0.851. The minimum Gasteiger partial charge on any atom is -0.489 e. The van der Waals surface area contributed by atoms with Crippen LogP contribution in [0.4, 0.5) is 4.79 Å². The lowest BCUT2D eigenvalue weighted by molar-refractivity contribution is 0.0937. The first kappa shape index (κ1) is 19.8. The number of piperidine rings is 1. The van der Waals surface area contributed by atoms with Crippen molar-refractivity contribution in [3.8, 4) is 5.75 Å². The molecule has 1 aromatic rings. The second kappa shape index (κ2) is 8.83. The molecule has 1 aliphatic heterocycles. The Morgan fingerprint density at radius 1 is 1.15 bits per heavy atom. The molecule has 27 heavy (non-hydrogen) atoms. The molecule has 0 atom stereocenters. The highest BCUT2D eigenvalue weighted by atomic mass is 35.5. The van der Waals surface area contributed by atoms with Crippen LogP contribution in [0.1, 0.15) is 48.9 Å². The minimum absolute atomic E-state index is 0.0203. The molecule has 2 fully saturated rings. The number of benzene rings is 1. The molecule has 0 aromatic heterocycles. The number of nitrogens with one attached hydrogen (secondary N) is 1. The van der Waals surface area contributed by atoms with Gasteiger partial charge < -0.3 is 19.9 Å². The van der Waals surface area contributed by atoms with Gasteiger partial charge in [-0.25, -0.2) is 4.79 Å². The summed E-state index contributed by atoms with van der Waals surface area (Å²) in [5, 5.41) is 3.51. The maximum Gasteiger partial charge on any atom is 0.319 e. The van der Waals surface area contributed by atoms with E-state index in [2.05, 4.69) is 5.32 Å². The highest BCUT2D eigenvalue weighted by Gasteiger charge is 2.25. The van der Waals surface area contributed by atoms with E-state index in [1.54, 1.807) is 37.2 Å². The molecule has 148 valence electrons. The molecule has 2 aliphatic rings. The van der Waals surface area contributed by atoms with Crippen molar-refractivity contribution in [1.82, 2.24) is 15.1 Å². The molecule has 1 heterocycles. The monoisotopic (exact) mass is 393 g/mol. The average molecular weight is 394 g/mol. The summed E-state index contributed by atoms with van der Waals surface area (Å²) in [5.74, 6) is 0.511. The Morgan fingerprint density at radius 3 is 2.41 bits per heavy atom. The van der Waals surface area contributed by atoms with Crippen molar-refractivity contribution in [2.45, 2.75) is 50.7 Å². The van der Waals surface area contributed by atoms with Crippen LogP contribution in [0.15, 0.2) is 18.2 Å². The fourth-order valence-electron chi connectivity index (χ4n) is 3.70. The molecule has 1 saturated carbocycles. The molecule has 7 heteroatoms. The Labute approximate surface area is 165 Å². The molecule has 0 radical (unpaired) electrons. The third kappa shape index (κ3) is 5.06. The summed E-state index contributed by atoms with van der Waals surface area (Å²) in [7, 11) is 3.52. The molecule has 1 aliphatic carbocycles. The Bertz CT molecular complexity index is 681. The van der Waals surface area contributed by atoms with Gasteiger partial charge in [-0.05, 0) is 31.0 Å². The molecule has 3 amide bonds. The maximum atomic E-state index is 12.4. The van der Waals surface area contributed by atoms with E-state index in [0.717, 1.165) is 25.7 Å². The normalized spacial score (nSPS) is 18.4. The lowest BCUT2D eigenvalue weighted by Gasteiger charge is -2.33. The third-order valence-electron chi connectivity index (χ3n) is 5.27. The summed E-state index contributed by atoms with van der Waals surface area (Å²) in [6, 6.07) is 5.51. The van der Waals surface area contributed by atoms with Gasteiger partial charge in [0, 0.05) is 51.6 Å². The van der Waals surface area contributed by atoms with E-state index >= 15 is 0 Å². The van der Waals surface area contributed by atoms with Crippen molar-refractivity contribution in [2.24, 2.45) is 0 Å². The Balaban J connectivity index is 1.54. The van der Waals surface area contributed by atoms with Gasteiger partial charge in [0.25, 0.3) is 5.91 Å². The standard InChI is InChI=1S/C20H28ClN3O3/c1-23(2)20(26)24-11-9-16(10-12-24)27-18-8-7-14(13-17(18)21)19(25)22-15-5-3-4-6-15/h7-8,13,15-16H,3-6,9-12H2,1-2H3,(H,22,25). The molecular weight excluding hydrogens is 366 g/mol. The van der Waals surface area contributed by atoms with E-state index < -0.39 is 0 Å². The molecule has 0 bridgehead atoms. The van der Waals surface area contributed by atoms with Crippen LogP contribution in [0.2, 0.25) is 5.02 Å². The molecule has 0 unspecified atom stereocenters. The number of carbonyl (C=O) groups is 2. The summed E-state index contributed by atoms with van der Waals surface area (Å²) in [4.78, 5) is 27.8. The third-order valence-corrected chi connectivity index (χ3v) is 5.57. The molecule has 1 saturated heterocycles. The zero-order chi connectivity index (χ0) is 19.4. The highest BCUT2D eigenvalue weighted by Crippen LogP contribution is 2.29. The number of halogens is 1. The number of hydrogen-bond acceptors (Lipinski definition) is 3. The van der Waals surface area contributed by atoms with Crippen LogP contribution in [0, 0.1) is 0 Å². The highest BCUT2D eigenvalue weighted by molar-refractivity contribution is 6.32. The average Bonchev–Trinajstić information content (AvgIpc) is 3.16. The van der Waals surface area contributed by atoms with Gasteiger partial charge in [-0.2, -0.15) is 0 Å². The topological polar surface area (TPSA) is 61.9 Å². The second-order valence-corrected chi connectivity index (χ2v) is 7.99. The summed E-state index contributed by atoms with van der Waals surface area (Å²) < 4.78 is 6.03. The number of urea groups is 1. The zero-order valence-electron chi connectivity index (χ0n) is 16.0. The van der Waals surface area contributed by atoms with Gasteiger partial charge in [-0.15, -0.1) is 0 Å². The van der Waals surface area contributed by atoms with E-state index in [1.807, 2.05) is 4.90 Å². The van der Waals surface area contributed by atoms with Gasteiger partial charge in [0.15, 0.2) is 0 Å². The first-order valence-electron chi connectivity index (χ1n) is 9.67. The summed E-state index contributed by atoms with van der Waals surface area (Å²) in [5.41, 5.74) is 0.561. The Kier molecular flexibility index (Phi) is 6.47. The maximum absolute atomic E-state index is 12.4. The van der Waals surface area contributed by atoms with Gasteiger partial charge in [-0.3, -0.25) is 4.79 Å². The number of likely N-dealkylation sites (tertiary alicyclic amines) is 1. The molecule has 1 N–H and O–H groups in total. The van der Waals surface area contributed by atoms with Gasteiger partial charge in [0.1, 0.15) is 11.9 Å². The van der Waals surface area contributed by atoms with Crippen LogP contribution in [0.3, 0.4) is 0 Å². The first-order valence-corrected chi connectivity index (χ1v) is 10.0. The van der Waals surface area contributed by atoms with Crippen LogP contribution in [-0.4, -0.2) is 61.1 Å². The lowest BCUT2D eigenvalue weighted by atomic mass is 10.1. The predicted octanol–water partition coefficient (Wildman–Crippen LogP) is 3.54. The van der Waals surface area contributed by atoms with Crippen molar-refractivity contribution in [2.75, 3.05) is 27.2 Å². The second-order valence-electron chi connectivity index (χ2n) is 7.58. The van der Waals surface area contributed by atoms with Gasteiger partial charge in [0.2, 0.25) is 0 Å². The molecule has 3 rings (SSSR count). The number of amides is 3. The summed E-state index contributed by atoms with van der Waals surface area (Å²) >= 11 is 6.35. The first-order chi connectivity index (χ1) is 12.9. The SMILES string of the molecule is CN(C)C(=O)N1CCC(Oc2ccc(C(=O)NC3CCCC3)cc2Cl)CC1. The molecule has 6 nitrogen and oxygen atoms in total. The van der Waals surface area contributed by atoms with Crippen LogP contribution in [-0.2, 0) is 0 Å². The fraction of sp³-hybridized carbons (Fsp3) is 0.600. The van der Waals surface area contributed by atoms with Crippen molar-refractivity contribution in [3.05, 3.63) is 28.8 Å². The minimum atomic E-state index is -0.0779. The Hall–Kier alpha value is -1.95. The predicted molar refractivity (Wildman–Crippen MR) is 105 cm³/mol. The summed E-state index contributed by atoms with van der Waals surface area (Å²) in [6.45, 7) is 1.34. The van der Waals surface area contributed by atoms with Crippen molar-refractivity contribution in [3.63, 3.8) is 0 Å². The van der Waals surface area contributed by atoms with E-state index in [0.29, 0.717) is 29.4 Å².